The van der Waals surface area contributed by atoms with Gasteiger partial charge in [0.25, 0.3) is 5.91 Å². The van der Waals surface area contributed by atoms with Crippen molar-refractivity contribution < 1.29 is 4.79 Å². The zero-order valence-corrected chi connectivity index (χ0v) is 11.3. The van der Waals surface area contributed by atoms with E-state index in [4.69, 9.17) is 11.6 Å². The van der Waals surface area contributed by atoms with E-state index in [2.05, 4.69) is 10.3 Å². The van der Waals surface area contributed by atoms with Gasteiger partial charge < -0.3 is 5.32 Å². The molecule has 98 valence electrons. The van der Waals surface area contributed by atoms with Crippen LogP contribution in [0.1, 0.15) is 36.2 Å². The second-order valence-electron chi connectivity index (χ2n) is 4.96. The minimum absolute atomic E-state index is 0.125. The monoisotopic (exact) mass is 274 g/mol. The number of hydrogen-bond acceptors (Lipinski definition) is 2. The van der Waals surface area contributed by atoms with E-state index < -0.39 is 0 Å². The van der Waals surface area contributed by atoms with Crippen LogP contribution in [-0.2, 0) is 0 Å². The number of pyridine rings is 1. The van der Waals surface area contributed by atoms with Crippen LogP contribution in [0.15, 0.2) is 30.3 Å². The van der Waals surface area contributed by atoms with Gasteiger partial charge in [-0.1, -0.05) is 42.6 Å². The summed E-state index contributed by atoms with van der Waals surface area (Å²) < 4.78 is 0. The molecule has 2 aromatic rings. The Balaban J connectivity index is 1.89. The molecule has 19 heavy (non-hydrogen) atoms. The number of rotatable bonds is 2. The highest BCUT2D eigenvalue weighted by Gasteiger charge is 2.19. The van der Waals surface area contributed by atoms with Crippen LogP contribution >= 0.6 is 11.6 Å². The van der Waals surface area contributed by atoms with Gasteiger partial charge >= 0.3 is 0 Å². The highest BCUT2D eigenvalue weighted by Crippen LogP contribution is 2.23. The predicted molar refractivity (Wildman–Crippen MR) is 76.5 cm³/mol. The fourth-order valence-corrected chi connectivity index (χ4v) is 2.84. The van der Waals surface area contributed by atoms with Gasteiger partial charge in [-0.15, -0.1) is 0 Å². The Hall–Kier alpha value is -1.61. The van der Waals surface area contributed by atoms with Gasteiger partial charge in [0.15, 0.2) is 0 Å². The molecule has 1 heterocycles. The Morgan fingerprint density at radius 1 is 1.26 bits per heavy atom. The molecule has 1 aromatic carbocycles. The predicted octanol–water partition coefficient (Wildman–Crippen LogP) is 3.56. The lowest BCUT2D eigenvalue weighted by Crippen LogP contribution is -2.33. The first-order valence-corrected chi connectivity index (χ1v) is 6.98. The molecule has 0 saturated heterocycles. The van der Waals surface area contributed by atoms with Gasteiger partial charge in [0, 0.05) is 11.4 Å². The highest BCUT2D eigenvalue weighted by molar-refractivity contribution is 6.35. The second kappa shape index (κ2) is 5.17. The van der Waals surface area contributed by atoms with E-state index in [-0.39, 0.29) is 5.91 Å². The van der Waals surface area contributed by atoms with E-state index >= 15 is 0 Å². The average molecular weight is 275 g/mol. The molecule has 0 aliphatic heterocycles. The number of nitrogens with one attached hydrogen (secondary N) is 1. The van der Waals surface area contributed by atoms with E-state index in [0.29, 0.717) is 16.8 Å². The number of para-hydroxylation sites is 1. The van der Waals surface area contributed by atoms with Crippen molar-refractivity contribution in [1.82, 2.24) is 10.3 Å². The number of fused-ring (bicyclic) bond motifs is 1. The molecule has 0 atom stereocenters. The van der Waals surface area contributed by atoms with Crippen LogP contribution in [0.5, 0.6) is 0 Å². The first-order valence-electron chi connectivity index (χ1n) is 6.60. The number of benzene rings is 1. The van der Waals surface area contributed by atoms with Crippen LogP contribution in [0.25, 0.3) is 10.9 Å². The molecular weight excluding hydrogens is 260 g/mol. The normalized spacial score (nSPS) is 15.8. The van der Waals surface area contributed by atoms with Crippen molar-refractivity contribution in [2.45, 2.75) is 31.7 Å². The average Bonchev–Trinajstić information content (AvgIpc) is 2.91. The SMILES string of the molecule is O=C(NC1CCCC1)c1cc(Cl)c2ccccc2n1. The molecule has 4 heteroatoms. The maximum absolute atomic E-state index is 12.2. The molecule has 1 fully saturated rings. The Bertz CT molecular complexity index is 621. The molecule has 1 aliphatic rings. The third-order valence-electron chi connectivity index (χ3n) is 3.59. The number of aromatic nitrogens is 1. The number of amides is 1. The zero-order valence-electron chi connectivity index (χ0n) is 10.5. The lowest BCUT2D eigenvalue weighted by molar-refractivity contribution is 0.0933. The molecule has 1 N–H and O–H groups in total. The van der Waals surface area contributed by atoms with Crippen molar-refractivity contribution in [3.05, 3.63) is 41.0 Å². The second-order valence-corrected chi connectivity index (χ2v) is 5.37. The minimum Gasteiger partial charge on any atom is -0.348 e. The summed E-state index contributed by atoms with van der Waals surface area (Å²) in [5, 5.41) is 4.47. The van der Waals surface area contributed by atoms with Crippen LogP contribution in [0, 0.1) is 0 Å². The van der Waals surface area contributed by atoms with Crippen LogP contribution in [-0.4, -0.2) is 16.9 Å². The van der Waals surface area contributed by atoms with Crippen LogP contribution in [0.3, 0.4) is 0 Å². The molecule has 0 radical (unpaired) electrons. The van der Waals surface area contributed by atoms with Crippen LogP contribution in [0.4, 0.5) is 0 Å². The zero-order chi connectivity index (χ0) is 13.2. The molecular formula is C15H15ClN2O. The van der Waals surface area contributed by atoms with Gasteiger partial charge in [-0.3, -0.25) is 4.79 Å². The number of carbonyl (C=O) groups excluding carboxylic acids is 1. The topological polar surface area (TPSA) is 42.0 Å². The summed E-state index contributed by atoms with van der Waals surface area (Å²) >= 11 is 6.20. The first-order chi connectivity index (χ1) is 9.24. The highest BCUT2D eigenvalue weighted by atomic mass is 35.5. The maximum atomic E-state index is 12.2. The summed E-state index contributed by atoms with van der Waals surface area (Å²) in [6, 6.07) is 9.52. The fourth-order valence-electron chi connectivity index (χ4n) is 2.58. The molecule has 1 saturated carbocycles. The van der Waals surface area contributed by atoms with Gasteiger partial charge in [0.05, 0.1) is 10.5 Å². The van der Waals surface area contributed by atoms with Gasteiger partial charge in [-0.25, -0.2) is 4.98 Å². The van der Waals surface area contributed by atoms with Gasteiger partial charge in [0.2, 0.25) is 0 Å². The quantitative estimate of drug-likeness (QED) is 0.910. The molecule has 1 aromatic heterocycles. The molecule has 1 amide bonds. The Morgan fingerprint density at radius 2 is 2.00 bits per heavy atom. The summed E-state index contributed by atoms with van der Waals surface area (Å²) in [7, 11) is 0. The molecule has 0 bridgehead atoms. The van der Waals surface area contributed by atoms with Crippen molar-refractivity contribution in [2.24, 2.45) is 0 Å². The standard InChI is InChI=1S/C15H15ClN2O/c16-12-9-14(15(19)17-10-5-1-2-6-10)18-13-8-4-3-7-11(12)13/h3-4,7-10H,1-2,5-6H2,(H,17,19). The van der Waals surface area contributed by atoms with Crippen molar-refractivity contribution in [2.75, 3.05) is 0 Å². The molecule has 0 spiro atoms. The lowest BCUT2D eigenvalue weighted by Gasteiger charge is -2.12. The minimum atomic E-state index is -0.125. The van der Waals surface area contributed by atoms with Crippen molar-refractivity contribution in [3.63, 3.8) is 0 Å². The largest absolute Gasteiger partial charge is 0.348 e. The molecule has 0 unspecified atom stereocenters. The van der Waals surface area contributed by atoms with E-state index in [0.717, 1.165) is 23.7 Å². The van der Waals surface area contributed by atoms with Crippen molar-refractivity contribution in [3.8, 4) is 0 Å². The number of carbonyl (C=O) groups is 1. The van der Waals surface area contributed by atoms with Crippen molar-refractivity contribution in [1.29, 1.82) is 0 Å². The Morgan fingerprint density at radius 3 is 2.79 bits per heavy atom. The van der Waals surface area contributed by atoms with E-state index in [1.54, 1.807) is 6.07 Å². The van der Waals surface area contributed by atoms with Crippen LogP contribution in [0.2, 0.25) is 5.02 Å². The summed E-state index contributed by atoms with van der Waals surface area (Å²) in [6.45, 7) is 0. The smallest absolute Gasteiger partial charge is 0.270 e. The fraction of sp³-hybridized carbons (Fsp3) is 0.333. The van der Waals surface area contributed by atoms with Gasteiger partial charge in [0.1, 0.15) is 5.69 Å². The third-order valence-corrected chi connectivity index (χ3v) is 3.90. The third kappa shape index (κ3) is 2.56. The molecule has 3 rings (SSSR count). The number of halogens is 1. The molecule has 3 nitrogen and oxygen atoms in total. The lowest BCUT2D eigenvalue weighted by atomic mass is 10.2. The van der Waals surface area contributed by atoms with Gasteiger partial charge in [-0.05, 0) is 25.0 Å². The summed E-state index contributed by atoms with van der Waals surface area (Å²) in [5.41, 5.74) is 1.15. The van der Waals surface area contributed by atoms with E-state index in [1.807, 2.05) is 24.3 Å². The Labute approximate surface area is 117 Å². The summed E-state index contributed by atoms with van der Waals surface area (Å²) in [5.74, 6) is -0.125. The van der Waals surface area contributed by atoms with Crippen molar-refractivity contribution >= 4 is 28.4 Å². The van der Waals surface area contributed by atoms with Gasteiger partial charge in [-0.2, -0.15) is 0 Å². The van der Waals surface area contributed by atoms with E-state index in [1.165, 1.54) is 12.8 Å². The summed E-state index contributed by atoms with van der Waals surface area (Å²) in [4.78, 5) is 16.5. The number of nitrogens with zero attached hydrogens (tertiary/aromatic N) is 1. The number of hydrogen-bond donors (Lipinski definition) is 1. The summed E-state index contributed by atoms with van der Waals surface area (Å²) in [6.07, 6.45) is 4.51. The Kier molecular flexibility index (Phi) is 3.38. The maximum Gasteiger partial charge on any atom is 0.270 e. The molecule has 1 aliphatic carbocycles. The van der Waals surface area contributed by atoms with E-state index in [9.17, 15) is 4.79 Å². The first kappa shape index (κ1) is 12.4. The van der Waals surface area contributed by atoms with Crippen LogP contribution < -0.4 is 5.32 Å².